The molecule has 0 aliphatic heterocycles. The van der Waals surface area contributed by atoms with E-state index in [1.54, 1.807) is 0 Å². The van der Waals surface area contributed by atoms with Crippen LogP contribution in [0, 0.1) is 0 Å². The highest BCUT2D eigenvalue weighted by Crippen LogP contribution is 2.21. The number of carboxylic acids is 1. The Labute approximate surface area is 110 Å². The van der Waals surface area contributed by atoms with Crippen LogP contribution in [-0.2, 0) is 4.79 Å². The number of carbonyl (C=O) groups excluding carboxylic acids is 1. The van der Waals surface area contributed by atoms with Gasteiger partial charge in [0.25, 0.3) is 5.91 Å². The van der Waals surface area contributed by atoms with E-state index in [1.807, 2.05) is 0 Å². The van der Waals surface area contributed by atoms with Crippen LogP contribution in [0.5, 0.6) is 0 Å². The first kappa shape index (κ1) is 15.2. The molecule has 4 nitrogen and oxygen atoms in total. The third-order valence-electron chi connectivity index (χ3n) is 1.99. The molecule has 0 aromatic carbocycles. The zero-order valence-electron chi connectivity index (χ0n) is 9.77. The first-order valence-electron chi connectivity index (χ1n) is 5.02. The Morgan fingerprint density at radius 2 is 2.05 bits per heavy atom. The second kappa shape index (κ2) is 5.87. The van der Waals surface area contributed by atoms with Crippen LogP contribution >= 0.6 is 11.3 Å². The zero-order chi connectivity index (χ0) is 14.6. The first-order valence-corrected chi connectivity index (χ1v) is 5.84. The van der Waals surface area contributed by atoms with Gasteiger partial charge in [-0.25, -0.2) is 4.79 Å². The van der Waals surface area contributed by atoms with E-state index >= 15 is 0 Å². The monoisotopic (exact) mass is 293 g/mol. The van der Waals surface area contributed by atoms with Gasteiger partial charge in [0.05, 0.1) is 4.88 Å². The number of thiophene rings is 1. The van der Waals surface area contributed by atoms with Crippen LogP contribution in [0.3, 0.4) is 0 Å². The number of halogens is 3. The fraction of sp³-hybridized carbons (Fsp3) is 0.273. The smallest absolute Gasteiger partial charge is 0.406 e. The summed E-state index contributed by atoms with van der Waals surface area (Å²) in [5.74, 6) is -1.90. The lowest BCUT2D eigenvalue weighted by Gasteiger charge is -2.17. The van der Waals surface area contributed by atoms with Crippen molar-refractivity contribution >= 4 is 29.3 Å². The first-order chi connectivity index (χ1) is 8.69. The van der Waals surface area contributed by atoms with Crippen molar-refractivity contribution in [2.24, 2.45) is 0 Å². The van der Waals surface area contributed by atoms with E-state index in [4.69, 9.17) is 5.11 Å². The van der Waals surface area contributed by atoms with Gasteiger partial charge in [-0.3, -0.25) is 4.79 Å². The van der Waals surface area contributed by atoms with Gasteiger partial charge in [0.1, 0.15) is 6.54 Å². The Balaban J connectivity index is 2.76. The summed E-state index contributed by atoms with van der Waals surface area (Å²) in [7, 11) is 1.06. The second-order valence-corrected chi connectivity index (χ2v) is 4.77. The molecule has 8 heteroatoms. The molecule has 0 spiro atoms. The number of carboxylic acid groups (broad SMARTS) is 1. The summed E-state index contributed by atoms with van der Waals surface area (Å²) < 4.78 is 36.4. The molecule has 0 unspecified atom stereocenters. The number of carbonyl (C=O) groups is 2. The minimum atomic E-state index is -4.45. The average Bonchev–Trinajstić information content (AvgIpc) is 2.71. The molecule has 1 aromatic rings. The molecule has 1 aromatic heterocycles. The van der Waals surface area contributed by atoms with Crippen molar-refractivity contribution in [2.45, 2.75) is 6.18 Å². The molecule has 19 heavy (non-hydrogen) atoms. The topological polar surface area (TPSA) is 57.6 Å². The number of alkyl halides is 3. The van der Waals surface area contributed by atoms with Gasteiger partial charge < -0.3 is 10.0 Å². The molecule has 1 amide bonds. The van der Waals surface area contributed by atoms with Crippen LogP contribution < -0.4 is 0 Å². The lowest BCUT2D eigenvalue weighted by molar-refractivity contribution is -0.138. The highest BCUT2D eigenvalue weighted by molar-refractivity contribution is 7.14. The predicted octanol–water partition coefficient (Wildman–Crippen LogP) is 2.48. The molecule has 1 N–H and O–H groups in total. The quantitative estimate of drug-likeness (QED) is 0.868. The van der Waals surface area contributed by atoms with Crippen LogP contribution in [-0.4, -0.2) is 41.7 Å². The summed E-state index contributed by atoms with van der Waals surface area (Å²) in [6.07, 6.45) is -2.29. The number of rotatable bonds is 4. The summed E-state index contributed by atoms with van der Waals surface area (Å²) >= 11 is 0.929. The molecule has 0 radical (unpaired) electrons. The molecule has 0 bridgehead atoms. The zero-order valence-corrected chi connectivity index (χ0v) is 10.6. The van der Waals surface area contributed by atoms with E-state index in [9.17, 15) is 22.8 Å². The summed E-state index contributed by atoms with van der Waals surface area (Å²) in [5, 5.41) is 8.42. The standard InChI is InChI=1S/C11H10F3NO3S/c1-15(6-11(12,13)14)10(18)8-4-2-7(19-8)3-5-9(16)17/h2-5H,6H2,1H3,(H,16,17). The maximum absolute atomic E-state index is 12.1. The fourth-order valence-corrected chi connectivity index (χ4v) is 2.14. The Bertz CT molecular complexity index is 508. The predicted molar refractivity (Wildman–Crippen MR) is 64.0 cm³/mol. The highest BCUT2D eigenvalue weighted by Gasteiger charge is 2.31. The normalized spacial score (nSPS) is 11.8. The third kappa shape index (κ3) is 5.12. The van der Waals surface area contributed by atoms with Crippen molar-refractivity contribution in [3.63, 3.8) is 0 Å². The van der Waals surface area contributed by atoms with Gasteiger partial charge in [0.15, 0.2) is 0 Å². The maximum atomic E-state index is 12.1. The molecular formula is C11H10F3NO3S. The minimum Gasteiger partial charge on any atom is -0.478 e. The van der Waals surface area contributed by atoms with Gasteiger partial charge >= 0.3 is 12.1 Å². The van der Waals surface area contributed by atoms with E-state index in [1.165, 1.54) is 18.2 Å². The molecular weight excluding hydrogens is 283 g/mol. The SMILES string of the molecule is CN(CC(F)(F)F)C(=O)c1ccc(C=CC(=O)O)s1. The van der Waals surface area contributed by atoms with E-state index in [0.717, 1.165) is 24.5 Å². The molecule has 1 heterocycles. The Hall–Kier alpha value is -1.83. The van der Waals surface area contributed by atoms with Crippen molar-refractivity contribution in [2.75, 3.05) is 13.6 Å². The molecule has 1 rings (SSSR count). The average molecular weight is 293 g/mol. The Morgan fingerprint density at radius 1 is 1.42 bits per heavy atom. The third-order valence-corrected chi connectivity index (χ3v) is 3.03. The highest BCUT2D eigenvalue weighted by atomic mass is 32.1. The summed E-state index contributed by atoms with van der Waals surface area (Å²) in [4.78, 5) is 23.1. The van der Waals surface area contributed by atoms with E-state index in [-0.39, 0.29) is 4.88 Å². The van der Waals surface area contributed by atoms with Crippen molar-refractivity contribution in [3.8, 4) is 0 Å². The van der Waals surface area contributed by atoms with Crippen molar-refractivity contribution in [1.29, 1.82) is 0 Å². The summed E-state index contributed by atoms with van der Waals surface area (Å²) in [6.45, 7) is -1.33. The number of aliphatic carboxylic acids is 1. The van der Waals surface area contributed by atoms with Gasteiger partial charge in [-0.15, -0.1) is 11.3 Å². The molecule has 0 aliphatic rings. The second-order valence-electron chi connectivity index (χ2n) is 3.65. The molecule has 104 valence electrons. The van der Waals surface area contributed by atoms with Crippen LogP contribution in [0.25, 0.3) is 6.08 Å². The molecule has 0 fully saturated rings. The Kier molecular flexibility index (Phi) is 4.71. The largest absolute Gasteiger partial charge is 0.478 e. The van der Waals surface area contributed by atoms with Gasteiger partial charge in [-0.2, -0.15) is 13.2 Å². The summed E-state index contributed by atoms with van der Waals surface area (Å²) in [6, 6.07) is 2.83. The van der Waals surface area contributed by atoms with Gasteiger partial charge in [0, 0.05) is 18.0 Å². The lowest BCUT2D eigenvalue weighted by Crippen LogP contribution is -2.35. The minimum absolute atomic E-state index is 0.122. The number of amides is 1. The maximum Gasteiger partial charge on any atom is 0.406 e. The van der Waals surface area contributed by atoms with Crippen molar-refractivity contribution in [3.05, 3.63) is 28.0 Å². The lowest BCUT2D eigenvalue weighted by atomic mass is 10.3. The van der Waals surface area contributed by atoms with Crippen molar-refractivity contribution < 1.29 is 27.9 Å². The van der Waals surface area contributed by atoms with Gasteiger partial charge in [-0.1, -0.05) is 0 Å². The van der Waals surface area contributed by atoms with E-state index in [2.05, 4.69) is 0 Å². The van der Waals surface area contributed by atoms with Crippen LogP contribution in [0.1, 0.15) is 14.5 Å². The van der Waals surface area contributed by atoms with Gasteiger partial charge in [0.2, 0.25) is 0 Å². The number of hydrogen-bond acceptors (Lipinski definition) is 3. The van der Waals surface area contributed by atoms with Crippen LogP contribution in [0.4, 0.5) is 13.2 Å². The Morgan fingerprint density at radius 3 is 2.58 bits per heavy atom. The van der Waals surface area contributed by atoms with Crippen LogP contribution in [0.15, 0.2) is 18.2 Å². The van der Waals surface area contributed by atoms with Crippen LogP contribution in [0.2, 0.25) is 0 Å². The molecule has 0 saturated carbocycles. The molecule has 0 atom stereocenters. The van der Waals surface area contributed by atoms with E-state index < -0.39 is 24.6 Å². The van der Waals surface area contributed by atoms with Gasteiger partial charge in [-0.05, 0) is 18.2 Å². The molecule has 0 saturated heterocycles. The number of nitrogens with zero attached hydrogens (tertiary/aromatic N) is 1. The summed E-state index contributed by atoms with van der Waals surface area (Å²) in [5.41, 5.74) is 0. The number of hydrogen-bond donors (Lipinski definition) is 1. The van der Waals surface area contributed by atoms with E-state index in [0.29, 0.717) is 9.78 Å². The van der Waals surface area contributed by atoms with Crippen molar-refractivity contribution in [1.82, 2.24) is 4.90 Å². The fourth-order valence-electron chi connectivity index (χ4n) is 1.24. The molecule has 0 aliphatic carbocycles.